The van der Waals surface area contributed by atoms with Gasteiger partial charge in [-0.15, -0.1) is 0 Å². The van der Waals surface area contributed by atoms with Crippen LogP contribution in [0.4, 0.5) is 10.1 Å². The first-order chi connectivity index (χ1) is 8.54. The van der Waals surface area contributed by atoms with E-state index in [2.05, 4.69) is 28.2 Å². The maximum atomic E-state index is 14.0. The third-order valence-electron chi connectivity index (χ3n) is 3.24. The summed E-state index contributed by atoms with van der Waals surface area (Å²) in [7, 11) is 0. The van der Waals surface area contributed by atoms with E-state index in [4.69, 9.17) is 5.11 Å². The number of halogens is 2. The summed E-state index contributed by atoms with van der Waals surface area (Å²) in [5, 5.41) is 12.0. The highest BCUT2D eigenvalue weighted by molar-refractivity contribution is 9.10. The van der Waals surface area contributed by atoms with Gasteiger partial charge in [0.05, 0.1) is 15.7 Å². The van der Waals surface area contributed by atoms with Gasteiger partial charge in [0.15, 0.2) is 5.82 Å². The Kier molecular flexibility index (Phi) is 3.90. The lowest BCUT2D eigenvalue weighted by atomic mass is 10.2. The predicted octanol–water partition coefficient (Wildman–Crippen LogP) is 3.89. The van der Waals surface area contributed by atoms with E-state index in [-0.39, 0.29) is 10.0 Å². The van der Waals surface area contributed by atoms with Crippen molar-refractivity contribution in [2.75, 3.05) is 5.32 Å². The molecule has 1 aromatic carbocycles. The van der Waals surface area contributed by atoms with E-state index in [0.717, 1.165) is 19.3 Å². The minimum Gasteiger partial charge on any atom is -0.478 e. The number of rotatable bonds is 5. The molecule has 2 unspecified atom stereocenters. The summed E-state index contributed by atoms with van der Waals surface area (Å²) < 4.78 is 14.0. The number of carbonyl (C=O) groups is 1. The highest BCUT2D eigenvalue weighted by Gasteiger charge is 2.36. The van der Waals surface area contributed by atoms with Crippen molar-refractivity contribution in [3.8, 4) is 0 Å². The fourth-order valence-electron chi connectivity index (χ4n) is 2.14. The first kappa shape index (κ1) is 13.3. The van der Waals surface area contributed by atoms with E-state index < -0.39 is 11.8 Å². The van der Waals surface area contributed by atoms with Gasteiger partial charge in [-0.05, 0) is 46.8 Å². The molecule has 5 heteroatoms. The Morgan fingerprint density at radius 3 is 2.94 bits per heavy atom. The van der Waals surface area contributed by atoms with Gasteiger partial charge in [-0.25, -0.2) is 9.18 Å². The zero-order chi connectivity index (χ0) is 13.3. The minimum absolute atomic E-state index is 0.00712. The molecule has 0 spiro atoms. The van der Waals surface area contributed by atoms with Crippen molar-refractivity contribution in [1.82, 2.24) is 0 Å². The quantitative estimate of drug-likeness (QED) is 0.866. The van der Waals surface area contributed by atoms with Crippen LogP contribution in [0.3, 0.4) is 0 Å². The summed E-state index contributed by atoms with van der Waals surface area (Å²) in [4.78, 5) is 10.8. The molecule has 1 aromatic rings. The van der Waals surface area contributed by atoms with E-state index in [1.165, 1.54) is 12.1 Å². The van der Waals surface area contributed by atoms with Crippen molar-refractivity contribution < 1.29 is 14.3 Å². The summed E-state index contributed by atoms with van der Waals surface area (Å²) in [5.74, 6) is -1.05. The van der Waals surface area contributed by atoms with Crippen LogP contribution in [0.2, 0.25) is 0 Å². The topological polar surface area (TPSA) is 49.3 Å². The summed E-state index contributed by atoms with van der Waals surface area (Å²) in [6.07, 6.45) is 3.34. The average Bonchev–Trinajstić information content (AvgIpc) is 3.03. The molecule has 1 saturated carbocycles. The van der Waals surface area contributed by atoms with Gasteiger partial charge in [0, 0.05) is 6.04 Å². The molecule has 1 aliphatic rings. The van der Waals surface area contributed by atoms with Crippen LogP contribution in [0.5, 0.6) is 0 Å². The van der Waals surface area contributed by atoms with E-state index in [1.807, 2.05) is 0 Å². The van der Waals surface area contributed by atoms with Gasteiger partial charge in [0.1, 0.15) is 0 Å². The van der Waals surface area contributed by atoms with Crippen LogP contribution in [-0.2, 0) is 0 Å². The van der Waals surface area contributed by atoms with E-state index in [9.17, 15) is 9.18 Å². The monoisotopic (exact) mass is 315 g/mol. The van der Waals surface area contributed by atoms with Crippen molar-refractivity contribution in [2.24, 2.45) is 5.92 Å². The number of hydrogen-bond acceptors (Lipinski definition) is 2. The molecule has 2 atom stereocenters. The van der Waals surface area contributed by atoms with Crippen LogP contribution in [0.1, 0.15) is 36.5 Å². The highest BCUT2D eigenvalue weighted by Crippen LogP contribution is 2.38. The fraction of sp³-hybridized carbons (Fsp3) is 0.462. The molecule has 0 aliphatic heterocycles. The van der Waals surface area contributed by atoms with Crippen molar-refractivity contribution in [3.05, 3.63) is 28.0 Å². The number of aromatic carboxylic acids is 1. The van der Waals surface area contributed by atoms with E-state index in [0.29, 0.717) is 17.6 Å². The second-order valence-electron chi connectivity index (χ2n) is 4.63. The standard InChI is InChI=1S/C13H15BrFNO2/c1-2-3-7-6-10(7)16-9-5-4-8(13(17)18)11(14)12(9)15/h4-5,7,10,16H,2-3,6H2,1H3,(H,17,18). The average molecular weight is 316 g/mol. The van der Waals surface area contributed by atoms with Crippen LogP contribution in [0.15, 0.2) is 16.6 Å². The first-order valence-electron chi connectivity index (χ1n) is 6.02. The highest BCUT2D eigenvalue weighted by atomic mass is 79.9. The normalized spacial score (nSPS) is 21.7. The van der Waals surface area contributed by atoms with Gasteiger partial charge in [0.2, 0.25) is 0 Å². The first-order valence-corrected chi connectivity index (χ1v) is 6.81. The maximum absolute atomic E-state index is 14.0. The number of hydrogen-bond donors (Lipinski definition) is 2. The fourth-order valence-corrected chi connectivity index (χ4v) is 2.66. The van der Waals surface area contributed by atoms with Gasteiger partial charge in [0.25, 0.3) is 0 Å². The molecule has 1 aliphatic carbocycles. The molecule has 0 amide bonds. The zero-order valence-electron chi connectivity index (χ0n) is 10.0. The van der Waals surface area contributed by atoms with Crippen LogP contribution in [-0.4, -0.2) is 17.1 Å². The van der Waals surface area contributed by atoms with Gasteiger partial charge in [-0.3, -0.25) is 0 Å². The van der Waals surface area contributed by atoms with Crippen LogP contribution in [0, 0.1) is 11.7 Å². The van der Waals surface area contributed by atoms with Crippen molar-refractivity contribution >= 4 is 27.6 Å². The van der Waals surface area contributed by atoms with Gasteiger partial charge in [-0.2, -0.15) is 0 Å². The lowest BCUT2D eigenvalue weighted by Gasteiger charge is -2.09. The molecule has 2 rings (SSSR count). The van der Waals surface area contributed by atoms with E-state index in [1.54, 1.807) is 0 Å². The number of anilines is 1. The Hall–Kier alpha value is -1.10. The number of nitrogens with one attached hydrogen (secondary N) is 1. The summed E-state index contributed by atoms with van der Waals surface area (Å²) in [6.45, 7) is 2.13. The predicted molar refractivity (Wildman–Crippen MR) is 71.5 cm³/mol. The molecule has 0 radical (unpaired) electrons. The molecule has 0 heterocycles. The van der Waals surface area contributed by atoms with Crippen LogP contribution >= 0.6 is 15.9 Å². The largest absolute Gasteiger partial charge is 0.478 e. The Labute approximate surface area is 114 Å². The molecule has 1 fully saturated rings. The van der Waals surface area contributed by atoms with E-state index >= 15 is 0 Å². The van der Waals surface area contributed by atoms with Crippen molar-refractivity contribution in [3.63, 3.8) is 0 Å². The second kappa shape index (κ2) is 5.26. The molecule has 0 bridgehead atoms. The van der Waals surface area contributed by atoms with Crippen molar-refractivity contribution in [2.45, 2.75) is 32.2 Å². The Morgan fingerprint density at radius 1 is 1.61 bits per heavy atom. The van der Waals surface area contributed by atoms with Gasteiger partial charge in [-0.1, -0.05) is 13.3 Å². The summed E-state index contributed by atoms with van der Waals surface area (Å²) in [6, 6.07) is 3.22. The molecule has 98 valence electrons. The molecular weight excluding hydrogens is 301 g/mol. The van der Waals surface area contributed by atoms with Gasteiger partial charge < -0.3 is 10.4 Å². The molecule has 18 heavy (non-hydrogen) atoms. The summed E-state index contributed by atoms with van der Waals surface area (Å²) in [5.41, 5.74) is 0.314. The minimum atomic E-state index is -1.14. The second-order valence-corrected chi connectivity index (χ2v) is 5.42. The number of carboxylic acid groups (broad SMARTS) is 1. The Morgan fingerprint density at radius 2 is 2.33 bits per heavy atom. The maximum Gasteiger partial charge on any atom is 0.336 e. The third kappa shape index (κ3) is 2.66. The summed E-state index contributed by atoms with van der Waals surface area (Å²) >= 11 is 2.99. The zero-order valence-corrected chi connectivity index (χ0v) is 11.6. The molecule has 3 nitrogen and oxygen atoms in total. The molecule has 2 N–H and O–H groups in total. The Balaban J connectivity index is 2.11. The smallest absolute Gasteiger partial charge is 0.336 e. The Bertz CT molecular complexity index is 478. The van der Waals surface area contributed by atoms with Crippen LogP contribution < -0.4 is 5.32 Å². The SMILES string of the molecule is CCCC1CC1Nc1ccc(C(=O)O)c(Br)c1F. The lowest BCUT2D eigenvalue weighted by Crippen LogP contribution is -2.08. The van der Waals surface area contributed by atoms with Gasteiger partial charge >= 0.3 is 5.97 Å². The lowest BCUT2D eigenvalue weighted by molar-refractivity contribution is 0.0695. The number of carboxylic acids is 1. The molecule has 0 aromatic heterocycles. The third-order valence-corrected chi connectivity index (χ3v) is 4.01. The molecular formula is C13H15BrFNO2. The molecule has 0 saturated heterocycles. The number of benzene rings is 1. The van der Waals surface area contributed by atoms with Crippen LogP contribution in [0.25, 0.3) is 0 Å². The van der Waals surface area contributed by atoms with Crippen molar-refractivity contribution in [1.29, 1.82) is 0 Å².